The highest BCUT2D eigenvalue weighted by atomic mass is 19.4. The van der Waals surface area contributed by atoms with Crippen molar-refractivity contribution in [1.82, 2.24) is 19.4 Å². The summed E-state index contributed by atoms with van der Waals surface area (Å²) in [4.78, 5) is 23.6. The van der Waals surface area contributed by atoms with Gasteiger partial charge in [0.05, 0.1) is 6.42 Å². The van der Waals surface area contributed by atoms with Gasteiger partial charge in [0.2, 0.25) is 11.5 Å². The number of alkyl halides is 3. The van der Waals surface area contributed by atoms with E-state index >= 15 is 0 Å². The summed E-state index contributed by atoms with van der Waals surface area (Å²) in [6.07, 6.45) is -2.03. The second kappa shape index (κ2) is 7.18. The highest BCUT2D eigenvalue weighted by molar-refractivity contribution is 5.78. The van der Waals surface area contributed by atoms with Gasteiger partial charge in [-0.3, -0.25) is 4.79 Å². The van der Waals surface area contributed by atoms with E-state index in [-0.39, 0.29) is 13.1 Å². The topological polar surface area (TPSA) is 74.5 Å². The van der Waals surface area contributed by atoms with E-state index in [2.05, 4.69) is 9.97 Å². The van der Waals surface area contributed by atoms with Gasteiger partial charge in [0.15, 0.2) is 5.82 Å². The van der Waals surface area contributed by atoms with Crippen molar-refractivity contribution in [3.63, 3.8) is 0 Å². The Balaban J connectivity index is 1.70. The molecular weight excluding hydrogens is 363 g/mol. The zero-order valence-corrected chi connectivity index (χ0v) is 14.7. The van der Waals surface area contributed by atoms with Crippen LogP contribution in [0.5, 0.6) is 0 Å². The molecular formula is C17H20F3N5O2. The number of aryl methyl sites for hydroxylation is 1. The first kappa shape index (κ1) is 19.2. The van der Waals surface area contributed by atoms with Crippen LogP contribution in [-0.2, 0) is 17.4 Å². The van der Waals surface area contributed by atoms with Crippen molar-refractivity contribution < 1.29 is 23.1 Å². The molecule has 2 aromatic heterocycles. The number of imidazole rings is 1. The van der Waals surface area contributed by atoms with Crippen LogP contribution in [0, 0.1) is 0 Å². The fourth-order valence-corrected chi connectivity index (χ4v) is 3.13. The van der Waals surface area contributed by atoms with Gasteiger partial charge in [-0.15, -0.1) is 0 Å². The maximum atomic E-state index is 13.6. The Hall–Kier alpha value is -2.62. The quantitative estimate of drug-likeness (QED) is 0.862. The van der Waals surface area contributed by atoms with Crippen molar-refractivity contribution in [1.29, 1.82) is 0 Å². The van der Waals surface area contributed by atoms with Crippen molar-refractivity contribution in [3.8, 4) is 0 Å². The molecule has 1 aliphatic rings. The second-order valence-corrected chi connectivity index (χ2v) is 6.45. The predicted octanol–water partition coefficient (Wildman–Crippen LogP) is 1.30. The van der Waals surface area contributed by atoms with Gasteiger partial charge in [0.1, 0.15) is 5.82 Å². The van der Waals surface area contributed by atoms with Crippen LogP contribution in [0.2, 0.25) is 0 Å². The lowest BCUT2D eigenvalue weighted by Crippen LogP contribution is -2.53. The summed E-state index contributed by atoms with van der Waals surface area (Å²) >= 11 is 0. The number of amides is 1. The van der Waals surface area contributed by atoms with Gasteiger partial charge < -0.3 is 19.5 Å². The third-order valence-corrected chi connectivity index (χ3v) is 4.67. The second-order valence-electron chi connectivity index (χ2n) is 6.45. The van der Waals surface area contributed by atoms with Crippen molar-refractivity contribution in [3.05, 3.63) is 42.6 Å². The normalized spacial score (nSPS) is 17.7. The van der Waals surface area contributed by atoms with E-state index in [9.17, 15) is 23.1 Å². The number of carbonyl (C=O) groups is 1. The Bertz CT molecular complexity index is 787. The molecule has 3 heterocycles. The zero-order chi connectivity index (χ0) is 19.7. The first-order valence-corrected chi connectivity index (χ1v) is 8.43. The van der Waals surface area contributed by atoms with Gasteiger partial charge >= 0.3 is 6.18 Å². The average Bonchev–Trinajstić information content (AvgIpc) is 3.08. The smallest absolute Gasteiger partial charge is 0.374 e. The molecule has 1 unspecified atom stereocenters. The molecule has 27 heavy (non-hydrogen) atoms. The molecule has 0 spiro atoms. The highest BCUT2D eigenvalue weighted by Crippen LogP contribution is 2.41. The molecule has 0 bridgehead atoms. The third kappa shape index (κ3) is 3.75. The Morgan fingerprint density at radius 2 is 1.85 bits per heavy atom. The van der Waals surface area contributed by atoms with Gasteiger partial charge in [-0.1, -0.05) is 6.07 Å². The highest BCUT2D eigenvalue weighted by Gasteiger charge is 2.59. The molecule has 7 nitrogen and oxygen atoms in total. The predicted molar refractivity (Wildman–Crippen MR) is 90.8 cm³/mol. The maximum absolute atomic E-state index is 13.6. The van der Waals surface area contributed by atoms with E-state index < -0.39 is 29.9 Å². The summed E-state index contributed by atoms with van der Waals surface area (Å²) in [6.45, 7) is 1.42. The maximum Gasteiger partial charge on any atom is 0.425 e. The van der Waals surface area contributed by atoms with Crippen molar-refractivity contribution in [2.75, 3.05) is 31.1 Å². The summed E-state index contributed by atoms with van der Waals surface area (Å²) in [6, 6.07) is 5.47. The standard InChI is InChI=1S/C17H20F3N5O2/c1-23-7-6-22-15(23)16(27,17(18,19)20)12-14(26)25-10-8-24(9-11-25)13-4-2-3-5-21-13/h2-7,27H,8-12H2,1H3. The molecule has 10 heteroatoms. The molecule has 1 atom stereocenters. The lowest BCUT2D eigenvalue weighted by molar-refractivity contribution is -0.272. The number of anilines is 1. The third-order valence-electron chi connectivity index (χ3n) is 4.67. The van der Waals surface area contributed by atoms with Gasteiger partial charge in [-0.05, 0) is 12.1 Å². The molecule has 3 rings (SSSR count). The van der Waals surface area contributed by atoms with E-state index in [1.165, 1.54) is 18.1 Å². The van der Waals surface area contributed by atoms with Gasteiger partial charge in [-0.2, -0.15) is 13.2 Å². The van der Waals surface area contributed by atoms with E-state index in [0.29, 0.717) is 13.1 Å². The van der Waals surface area contributed by atoms with Crippen LogP contribution in [-0.4, -0.2) is 62.8 Å². The molecule has 1 N–H and O–H groups in total. The number of aliphatic hydroxyl groups is 1. The van der Waals surface area contributed by atoms with Crippen molar-refractivity contribution in [2.24, 2.45) is 7.05 Å². The molecule has 0 radical (unpaired) electrons. The molecule has 1 fully saturated rings. The molecule has 1 amide bonds. The van der Waals surface area contributed by atoms with Crippen molar-refractivity contribution >= 4 is 11.7 Å². The van der Waals surface area contributed by atoms with Crippen LogP contribution in [0.4, 0.5) is 19.0 Å². The lowest BCUT2D eigenvalue weighted by atomic mass is 9.96. The summed E-state index contributed by atoms with van der Waals surface area (Å²) in [5.41, 5.74) is -3.33. The fraction of sp³-hybridized carbons (Fsp3) is 0.471. The number of pyridine rings is 1. The number of halogens is 3. The Morgan fingerprint density at radius 3 is 2.37 bits per heavy atom. The Kier molecular flexibility index (Phi) is 5.09. The number of rotatable bonds is 4. The van der Waals surface area contributed by atoms with Gasteiger partial charge in [0.25, 0.3) is 0 Å². The van der Waals surface area contributed by atoms with Crippen LogP contribution < -0.4 is 4.90 Å². The molecule has 0 saturated carbocycles. The fourth-order valence-electron chi connectivity index (χ4n) is 3.13. The molecule has 0 aromatic carbocycles. The number of hydrogen-bond acceptors (Lipinski definition) is 5. The summed E-state index contributed by atoms with van der Waals surface area (Å²) < 4.78 is 41.8. The minimum atomic E-state index is -5.03. The van der Waals surface area contributed by atoms with Crippen LogP contribution in [0.1, 0.15) is 12.2 Å². The Labute approximate surface area is 154 Å². The number of piperazine rings is 1. The monoisotopic (exact) mass is 383 g/mol. The molecule has 2 aromatic rings. The average molecular weight is 383 g/mol. The molecule has 0 aliphatic carbocycles. The molecule has 146 valence electrons. The summed E-state index contributed by atoms with van der Waals surface area (Å²) in [5.74, 6) is -0.613. The van der Waals surface area contributed by atoms with E-state index in [1.54, 1.807) is 12.3 Å². The van der Waals surface area contributed by atoms with E-state index in [4.69, 9.17) is 0 Å². The van der Waals surface area contributed by atoms with Gasteiger partial charge in [-0.25, -0.2) is 9.97 Å². The van der Waals surface area contributed by atoms with E-state index in [1.807, 2.05) is 17.0 Å². The minimum absolute atomic E-state index is 0.254. The number of hydrogen-bond donors (Lipinski definition) is 1. The number of aromatic nitrogens is 3. The van der Waals surface area contributed by atoms with Crippen LogP contribution in [0.3, 0.4) is 0 Å². The van der Waals surface area contributed by atoms with E-state index in [0.717, 1.165) is 16.6 Å². The van der Waals surface area contributed by atoms with Crippen LogP contribution >= 0.6 is 0 Å². The first-order valence-electron chi connectivity index (χ1n) is 8.43. The van der Waals surface area contributed by atoms with Crippen LogP contribution in [0.15, 0.2) is 36.8 Å². The van der Waals surface area contributed by atoms with Gasteiger partial charge in [0, 0.05) is 51.8 Å². The zero-order valence-electron chi connectivity index (χ0n) is 14.7. The SMILES string of the molecule is Cn1ccnc1C(O)(CC(=O)N1CCN(c2ccccn2)CC1)C(F)(F)F. The first-order chi connectivity index (χ1) is 12.7. The molecule has 1 saturated heterocycles. The largest absolute Gasteiger partial charge is 0.425 e. The molecule has 1 aliphatic heterocycles. The van der Waals surface area contributed by atoms with Crippen molar-refractivity contribution in [2.45, 2.75) is 18.2 Å². The summed E-state index contributed by atoms with van der Waals surface area (Å²) in [5, 5.41) is 10.3. The Morgan fingerprint density at radius 1 is 1.15 bits per heavy atom. The summed E-state index contributed by atoms with van der Waals surface area (Å²) in [7, 11) is 1.34. The minimum Gasteiger partial charge on any atom is -0.374 e. The number of carbonyl (C=O) groups excluding carboxylic acids is 1. The van der Waals surface area contributed by atoms with Crippen LogP contribution in [0.25, 0.3) is 0 Å². The number of nitrogens with zero attached hydrogens (tertiary/aromatic N) is 5. The lowest BCUT2D eigenvalue weighted by Gasteiger charge is -2.37.